The number of hydrogen-bond donors (Lipinski definition) is 3. The molecule has 7 heteroatoms. The maximum Gasteiger partial charge on any atom is 0.234 e. The Bertz CT molecular complexity index is 1140. The number of thiocarbonyl (C=S) groups is 1. The lowest BCUT2D eigenvalue weighted by atomic mass is 10.1. The third-order valence-electron chi connectivity index (χ3n) is 4.67. The van der Waals surface area contributed by atoms with E-state index in [1.54, 1.807) is 12.1 Å². The summed E-state index contributed by atoms with van der Waals surface area (Å²) in [4.78, 5) is 24.7. The number of anilines is 3. The van der Waals surface area contributed by atoms with E-state index in [-0.39, 0.29) is 11.7 Å². The molecule has 5 nitrogen and oxygen atoms in total. The van der Waals surface area contributed by atoms with Gasteiger partial charge in [-0.3, -0.25) is 9.59 Å². The topological polar surface area (TPSA) is 70.2 Å². The second kappa shape index (κ2) is 10.9. The standard InChI is InChI=1S/C25H25N3O2S2/c1-16-7-12-23(17(2)13-16)28-24(30)15-32-22-6-4-5-21(14-22)27-25(31)26-20-10-8-19(9-11-20)18(3)29/h4-14H,15H2,1-3H3,(H,28,30)(H2,26,27,31). The highest BCUT2D eigenvalue weighted by atomic mass is 32.2. The second-order valence-corrected chi connectivity index (χ2v) is 8.85. The molecule has 0 heterocycles. The zero-order chi connectivity index (χ0) is 23.1. The number of rotatable bonds is 7. The van der Waals surface area contributed by atoms with Crippen LogP contribution in [0.1, 0.15) is 28.4 Å². The first-order chi connectivity index (χ1) is 15.3. The van der Waals surface area contributed by atoms with Crippen LogP contribution in [0.15, 0.2) is 71.6 Å². The summed E-state index contributed by atoms with van der Waals surface area (Å²) in [5.74, 6) is 0.280. The van der Waals surface area contributed by atoms with Gasteiger partial charge in [-0.2, -0.15) is 0 Å². The highest BCUT2D eigenvalue weighted by Gasteiger charge is 2.07. The van der Waals surface area contributed by atoms with E-state index in [0.717, 1.165) is 27.5 Å². The normalized spacial score (nSPS) is 10.3. The van der Waals surface area contributed by atoms with Crippen molar-refractivity contribution in [2.45, 2.75) is 25.7 Å². The Morgan fingerprint density at radius 1 is 0.875 bits per heavy atom. The van der Waals surface area contributed by atoms with Gasteiger partial charge in [0, 0.05) is 27.5 Å². The van der Waals surface area contributed by atoms with Crippen LogP contribution >= 0.6 is 24.0 Å². The summed E-state index contributed by atoms with van der Waals surface area (Å²) in [6, 6.07) is 20.8. The van der Waals surface area contributed by atoms with Crippen LogP contribution in [0.2, 0.25) is 0 Å². The number of benzene rings is 3. The maximum atomic E-state index is 12.4. The predicted molar refractivity (Wildman–Crippen MR) is 138 cm³/mol. The van der Waals surface area contributed by atoms with Gasteiger partial charge in [0.1, 0.15) is 0 Å². The summed E-state index contributed by atoms with van der Waals surface area (Å²) < 4.78 is 0. The van der Waals surface area contributed by atoms with Gasteiger partial charge in [-0.25, -0.2) is 0 Å². The van der Waals surface area contributed by atoms with Gasteiger partial charge in [-0.05, 0) is 87.1 Å². The molecule has 0 aromatic heterocycles. The molecule has 3 aromatic rings. The lowest BCUT2D eigenvalue weighted by Gasteiger charge is -2.12. The summed E-state index contributed by atoms with van der Waals surface area (Å²) in [5, 5.41) is 9.65. The number of ketones is 1. The average molecular weight is 464 g/mol. The van der Waals surface area contributed by atoms with E-state index in [4.69, 9.17) is 12.2 Å². The molecule has 32 heavy (non-hydrogen) atoms. The highest BCUT2D eigenvalue weighted by Crippen LogP contribution is 2.23. The number of hydrogen-bond acceptors (Lipinski definition) is 4. The molecule has 0 aliphatic rings. The van der Waals surface area contributed by atoms with E-state index in [1.807, 2.05) is 68.4 Å². The largest absolute Gasteiger partial charge is 0.332 e. The number of carbonyl (C=O) groups excluding carboxylic acids is 2. The third kappa shape index (κ3) is 6.93. The van der Waals surface area contributed by atoms with Crippen LogP contribution in [0.4, 0.5) is 17.1 Å². The van der Waals surface area contributed by atoms with Gasteiger partial charge in [-0.15, -0.1) is 11.8 Å². The predicted octanol–water partition coefficient (Wildman–Crippen LogP) is 6.05. The molecule has 0 radical (unpaired) electrons. The van der Waals surface area contributed by atoms with Crippen LogP contribution < -0.4 is 16.0 Å². The van der Waals surface area contributed by atoms with Crippen LogP contribution in [0.3, 0.4) is 0 Å². The van der Waals surface area contributed by atoms with Crippen molar-refractivity contribution in [2.75, 3.05) is 21.7 Å². The summed E-state index contributed by atoms with van der Waals surface area (Å²) >= 11 is 6.84. The molecule has 3 N–H and O–H groups in total. The number of Topliss-reactive ketones (excluding diaryl/α,β-unsaturated/α-hetero) is 1. The first-order valence-electron chi connectivity index (χ1n) is 10.1. The summed E-state index contributed by atoms with van der Waals surface area (Å²) in [6.07, 6.45) is 0. The van der Waals surface area contributed by atoms with Crippen LogP contribution in [-0.2, 0) is 4.79 Å². The van der Waals surface area contributed by atoms with Crippen molar-refractivity contribution in [1.82, 2.24) is 0 Å². The monoisotopic (exact) mass is 463 g/mol. The molecule has 3 rings (SSSR count). The Morgan fingerprint density at radius 3 is 2.28 bits per heavy atom. The van der Waals surface area contributed by atoms with Crippen molar-refractivity contribution in [3.63, 3.8) is 0 Å². The van der Waals surface area contributed by atoms with E-state index in [1.165, 1.54) is 24.2 Å². The van der Waals surface area contributed by atoms with Gasteiger partial charge < -0.3 is 16.0 Å². The zero-order valence-electron chi connectivity index (χ0n) is 18.2. The van der Waals surface area contributed by atoms with Crippen LogP contribution in [0.5, 0.6) is 0 Å². The Balaban J connectivity index is 1.52. The fraction of sp³-hybridized carbons (Fsp3) is 0.160. The van der Waals surface area contributed by atoms with Crippen molar-refractivity contribution in [3.05, 3.63) is 83.4 Å². The van der Waals surface area contributed by atoms with Crippen molar-refractivity contribution in [3.8, 4) is 0 Å². The maximum absolute atomic E-state index is 12.4. The molecular weight excluding hydrogens is 438 g/mol. The van der Waals surface area contributed by atoms with Crippen LogP contribution in [-0.4, -0.2) is 22.6 Å². The van der Waals surface area contributed by atoms with E-state index in [2.05, 4.69) is 16.0 Å². The van der Waals surface area contributed by atoms with Gasteiger partial charge in [0.05, 0.1) is 5.75 Å². The molecule has 164 valence electrons. The molecule has 0 aliphatic heterocycles. The number of carbonyl (C=O) groups is 2. The van der Waals surface area contributed by atoms with Gasteiger partial charge in [0.25, 0.3) is 0 Å². The summed E-state index contributed by atoms with van der Waals surface area (Å²) in [6.45, 7) is 5.55. The molecule has 0 bridgehead atoms. The molecule has 0 spiro atoms. The first kappa shape index (κ1) is 23.5. The fourth-order valence-corrected chi connectivity index (χ4v) is 4.03. The van der Waals surface area contributed by atoms with Crippen molar-refractivity contribution in [2.24, 2.45) is 0 Å². The highest BCUT2D eigenvalue weighted by molar-refractivity contribution is 8.00. The molecule has 1 amide bonds. The Kier molecular flexibility index (Phi) is 8.03. The molecule has 0 unspecified atom stereocenters. The molecule has 3 aromatic carbocycles. The molecule has 0 fully saturated rings. The smallest absolute Gasteiger partial charge is 0.234 e. The Morgan fingerprint density at radius 2 is 1.59 bits per heavy atom. The minimum atomic E-state index is -0.0495. The van der Waals surface area contributed by atoms with Crippen LogP contribution in [0.25, 0.3) is 0 Å². The van der Waals surface area contributed by atoms with Crippen molar-refractivity contribution in [1.29, 1.82) is 0 Å². The zero-order valence-corrected chi connectivity index (χ0v) is 19.8. The van der Waals surface area contributed by atoms with Gasteiger partial charge in [-0.1, -0.05) is 23.8 Å². The van der Waals surface area contributed by atoms with E-state index in [9.17, 15) is 9.59 Å². The second-order valence-electron chi connectivity index (χ2n) is 7.40. The number of amides is 1. The minimum absolute atomic E-state index is 0.0225. The fourth-order valence-electron chi connectivity index (χ4n) is 3.03. The third-order valence-corrected chi connectivity index (χ3v) is 5.87. The number of nitrogens with one attached hydrogen (secondary N) is 3. The first-order valence-corrected chi connectivity index (χ1v) is 11.5. The lowest BCUT2D eigenvalue weighted by Crippen LogP contribution is -2.19. The van der Waals surface area contributed by atoms with Gasteiger partial charge in [0.15, 0.2) is 10.9 Å². The van der Waals surface area contributed by atoms with Crippen LogP contribution in [0, 0.1) is 13.8 Å². The lowest BCUT2D eigenvalue weighted by molar-refractivity contribution is -0.113. The molecular formula is C25H25N3O2S2. The number of thioether (sulfide) groups is 1. The summed E-state index contributed by atoms with van der Waals surface area (Å²) in [5.41, 5.74) is 5.32. The SMILES string of the molecule is CC(=O)c1ccc(NC(=S)Nc2cccc(SCC(=O)Nc3ccc(C)cc3C)c2)cc1. The van der Waals surface area contributed by atoms with E-state index < -0.39 is 0 Å². The van der Waals surface area contributed by atoms with E-state index >= 15 is 0 Å². The Hall–Kier alpha value is -3.16. The van der Waals surface area contributed by atoms with Gasteiger partial charge >= 0.3 is 0 Å². The average Bonchev–Trinajstić information content (AvgIpc) is 2.75. The Labute approximate surface area is 198 Å². The number of aryl methyl sites for hydroxylation is 2. The van der Waals surface area contributed by atoms with Crippen molar-refractivity contribution >= 4 is 57.8 Å². The summed E-state index contributed by atoms with van der Waals surface area (Å²) in [7, 11) is 0. The molecule has 0 saturated heterocycles. The van der Waals surface area contributed by atoms with Gasteiger partial charge in [0.2, 0.25) is 5.91 Å². The minimum Gasteiger partial charge on any atom is -0.332 e. The molecule has 0 aliphatic carbocycles. The quantitative estimate of drug-likeness (QED) is 0.225. The molecule has 0 saturated carbocycles. The van der Waals surface area contributed by atoms with Crippen molar-refractivity contribution < 1.29 is 9.59 Å². The van der Waals surface area contributed by atoms with E-state index in [0.29, 0.717) is 16.4 Å². The molecule has 0 atom stereocenters.